The van der Waals surface area contributed by atoms with E-state index in [9.17, 15) is 4.79 Å². The third-order valence-electron chi connectivity index (χ3n) is 2.36. The van der Waals surface area contributed by atoms with Gasteiger partial charge in [-0.3, -0.25) is 9.78 Å². The molecule has 0 saturated carbocycles. The van der Waals surface area contributed by atoms with Crippen molar-refractivity contribution in [2.75, 3.05) is 5.73 Å². The van der Waals surface area contributed by atoms with E-state index in [1.165, 1.54) is 24.0 Å². The minimum atomic E-state index is -0.121. The van der Waals surface area contributed by atoms with Crippen LogP contribution in [-0.4, -0.2) is 19.9 Å². The number of thioether (sulfide) groups is 1. The molecule has 0 unspecified atom stereocenters. The number of hydrogen-bond donors (Lipinski definition) is 2. The van der Waals surface area contributed by atoms with Crippen LogP contribution in [0.25, 0.3) is 0 Å². The highest BCUT2D eigenvalue weighted by Crippen LogP contribution is 2.17. The number of aromatic amines is 1. The van der Waals surface area contributed by atoms with E-state index >= 15 is 0 Å². The van der Waals surface area contributed by atoms with Gasteiger partial charge in [0.2, 0.25) is 0 Å². The number of aryl methyl sites for hydroxylation is 1. The summed E-state index contributed by atoms with van der Waals surface area (Å²) in [6.07, 6.45) is 4.90. The molecular weight excluding hydrogens is 262 g/mol. The van der Waals surface area contributed by atoms with Gasteiger partial charge in [-0.2, -0.15) is 0 Å². The van der Waals surface area contributed by atoms with Crippen molar-refractivity contribution in [3.8, 4) is 0 Å². The van der Waals surface area contributed by atoms with Gasteiger partial charge in [0.25, 0.3) is 5.56 Å². The molecule has 19 heavy (non-hydrogen) atoms. The number of nitrogens with one attached hydrogen (secondary N) is 1. The van der Waals surface area contributed by atoms with E-state index in [-0.39, 0.29) is 5.56 Å². The molecule has 0 aromatic carbocycles. The summed E-state index contributed by atoms with van der Waals surface area (Å²) in [6, 6.07) is 1.54. The largest absolute Gasteiger partial charge is 0.382 e. The molecule has 0 fully saturated rings. The van der Waals surface area contributed by atoms with Gasteiger partial charge in [0.1, 0.15) is 5.82 Å². The molecule has 7 heteroatoms. The van der Waals surface area contributed by atoms with Gasteiger partial charge in [0.15, 0.2) is 5.16 Å². The molecule has 2 rings (SSSR count). The Morgan fingerprint density at radius 3 is 2.84 bits per heavy atom. The predicted octanol–water partition coefficient (Wildman–Crippen LogP) is 1.39. The van der Waals surface area contributed by atoms with Crippen LogP contribution in [0, 0.1) is 0 Å². The Morgan fingerprint density at radius 1 is 1.32 bits per heavy atom. The van der Waals surface area contributed by atoms with E-state index in [2.05, 4.69) is 26.9 Å². The van der Waals surface area contributed by atoms with Crippen molar-refractivity contribution >= 4 is 17.6 Å². The minimum Gasteiger partial charge on any atom is -0.382 e. The average molecular weight is 277 g/mol. The molecule has 2 aromatic heterocycles. The molecule has 0 aliphatic heterocycles. The molecule has 0 bridgehead atoms. The van der Waals surface area contributed by atoms with Gasteiger partial charge in [-0.25, -0.2) is 9.97 Å². The normalized spacial score (nSPS) is 10.6. The first-order valence-corrected chi connectivity index (χ1v) is 6.95. The van der Waals surface area contributed by atoms with Gasteiger partial charge in [-0.1, -0.05) is 25.1 Å². The summed E-state index contributed by atoms with van der Waals surface area (Å²) in [5.74, 6) is 0.983. The molecule has 6 nitrogen and oxygen atoms in total. The maximum atomic E-state index is 11.5. The maximum absolute atomic E-state index is 11.5. The van der Waals surface area contributed by atoms with Crippen LogP contribution < -0.4 is 11.3 Å². The van der Waals surface area contributed by atoms with Crippen LogP contribution in [-0.2, 0) is 12.2 Å². The van der Waals surface area contributed by atoms with Gasteiger partial charge in [-0.05, 0) is 6.42 Å². The zero-order chi connectivity index (χ0) is 13.7. The van der Waals surface area contributed by atoms with Crippen LogP contribution in [0.1, 0.15) is 24.7 Å². The first-order chi connectivity index (χ1) is 9.17. The summed E-state index contributed by atoms with van der Waals surface area (Å²) in [7, 11) is 0. The predicted molar refractivity (Wildman–Crippen MR) is 74.9 cm³/mol. The van der Waals surface area contributed by atoms with E-state index < -0.39 is 0 Å². The van der Waals surface area contributed by atoms with Crippen molar-refractivity contribution in [3.63, 3.8) is 0 Å². The van der Waals surface area contributed by atoms with E-state index in [0.29, 0.717) is 16.7 Å². The second kappa shape index (κ2) is 6.33. The van der Waals surface area contributed by atoms with Crippen LogP contribution in [0.5, 0.6) is 0 Å². The minimum absolute atomic E-state index is 0.121. The van der Waals surface area contributed by atoms with Gasteiger partial charge in [-0.15, -0.1) is 0 Å². The van der Waals surface area contributed by atoms with Crippen molar-refractivity contribution in [2.45, 2.75) is 30.7 Å². The first-order valence-electron chi connectivity index (χ1n) is 5.97. The SMILES string of the molecule is CCCc1cc(=O)[nH]c(SCc2cnc(N)cn2)n1. The molecule has 2 heterocycles. The van der Waals surface area contributed by atoms with Crippen LogP contribution in [0.4, 0.5) is 5.82 Å². The second-order valence-electron chi connectivity index (χ2n) is 4.01. The van der Waals surface area contributed by atoms with Crippen molar-refractivity contribution < 1.29 is 0 Å². The summed E-state index contributed by atoms with van der Waals surface area (Å²) in [6.45, 7) is 2.06. The molecule has 3 N–H and O–H groups in total. The topological polar surface area (TPSA) is 97.5 Å². The standard InChI is InChI=1S/C12H15N5OS/c1-2-3-8-4-11(18)17-12(16-8)19-7-9-5-15-10(13)6-14-9/h4-6H,2-3,7H2,1H3,(H2,13,15)(H,16,17,18). The van der Waals surface area contributed by atoms with Crippen molar-refractivity contribution in [3.05, 3.63) is 40.2 Å². The van der Waals surface area contributed by atoms with Gasteiger partial charge < -0.3 is 10.7 Å². The second-order valence-corrected chi connectivity index (χ2v) is 4.98. The summed E-state index contributed by atoms with van der Waals surface area (Å²) >= 11 is 1.42. The fourth-order valence-electron chi connectivity index (χ4n) is 1.52. The molecule has 2 aromatic rings. The average Bonchev–Trinajstić information content (AvgIpc) is 2.38. The first kappa shape index (κ1) is 13.5. The molecule has 0 saturated heterocycles. The van der Waals surface area contributed by atoms with Crippen LogP contribution in [0.15, 0.2) is 28.4 Å². The summed E-state index contributed by atoms with van der Waals surface area (Å²) in [4.78, 5) is 26.7. The van der Waals surface area contributed by atoms with Crippen molar-refractivity contribution in [2.24, 2.45) is 0 Å². The Balaban J connectivity index is 2.06. The van der Waals surface area contributed by atoms with E-state index in [1.54, 1.807) is 6.20 Å². The van der Waals surface area contributed by atoms with Gasteiger partial charge >= 0.3 is 0 Å². The Labute approximate surface area is 114 Å². The highest BCUT2D eigenvalue weighted by molar-refractivity contribution is 7.98. The number of nitrogens with two attached hydrogens (primary N) is 1. The maximum Gasteiger partial charge on any atom is 0.251 e. The van der Waals surface area contributed by atoms with E-state index in [1.807, 2.05) is 0 Å². The molecule has 0 atom stereocenters. The number of nitrogen functional groups attached to an aromatic ring is 1. The smallest absolute Gasteiger partial charge is 0.251 e. The van der Waals surface area contributed by atoms with Crippen molar-refractivity contribution in [1.29, 1.82) is 0 Å². The third-order valence-corrected chi connectivity index (χ3v) is 3.27. The molecule has 0 spiro atoms. The van der Waals surface area contributed by atoms with E-state index in [4.69, 9.17) is 5.73 Å². The fraction of sp³-hybridized carbons (Fsp3) is 0.333. The van der Waals surface area contributed by atoms with Crippen LogP contribution in [0.2, 0.25) is 0 Å². The Hall–Kier alpha value is -1.89. The lowest BCUT2D eigenvalue weighted by Gasteiger charge is -2.03. The number of aromatic nitrogens is 4. The molecule has 0 radical (unpaired) electrons. The monoisotopic (exact) mass is 277 g/mol. The fourth-order valence-corrected chi connectivity index (χ4v) is 2.31. The zero-order valence-corrected chi connectivity index (χ0v) is 11.4. The molecule has 0 aliphatic carbocycles. The Bertz CT molecular complexity index is 596. The quantitative estimate of drug-likeness (QED) is 0.633. The molecule has 100 valence electrons. The lowest BCUT2D eigenvalue weighted by molar-refractivity contribution is 0.815. The lowest BCUT2D eigenvalue weighted by Crippen LogP contribution is -2.10. The van der Waals surface area contributed by atoms with Crippen LogP contribution >= 0.6 is 11.8 Å². The van der Waals surface area contributed by atoms with E-state index in [0.717, 1.165) is 24.2 Å². The third kappa shape index (κ3) is 4.06. The highest BCUT2D eigenvalue weighted by Gasteiger charge is 2.03. The zero-order valence-electron chi connectivity index (χ0n) is 10.6. The number of nitrogens with zero attached hydrogens (tertiary/aromatic N) is 3. The van der Waals surface area contributed by atoms with Gasteiger partial charge in [0.05, 0.1) is 18.1 Å². The summed E-state index contributed by atoms with van der Waals surface area (Å²) < 4.78 is 0. The highest BCUT2D eigenvalue weighted by atomic mass is 32.2. The number of rotatable bonds is 5. The van der Waals surface area contributed by atoms with Gasteiger partial charge in [0, 0.05) is 17.5 Å². The molecule has 0 aliphatic rings. The number of hydrogen-bond acceptors (Lipinski definition) is 6. The number of anilines is 1. The van der Waals surface area contributed by atoms with Crippen LogP contribution in [0.3, 0.4) is 0 Å². The summed E-state index contributed by atoms with van der Waals surface area (Å²) in [5.41, 5.74) is 6.96. The van der Waals surface area contributed by atoms with Crippen molar-refractivity contribution in [1.82, 2.24) is 19.9 Å². The Morgan fingerprint density at radius 2 is 2.16 bits per heavy atom. The molecular formula is C12H15N5OS. The molecule has 0 amide bonds. The lowest BCUT2D eigenvalue weighted by atomic mass is 10.2. The number of H-pyrrole nitrogens is 1. The Kier molecular flexibility index (Phi) is 4.51. The summed E-state index contributed by atoms with van der Waals surface area (Å²) in [5, 5.41) is 0.606.